The SMILES string of the molecule is CCCCN=C1C=CC2=Cc3ccc(N)cc3C(C)(C)C2=C1. The lowest BCUT2D eigenvalue weighted by molar-refractivity contribution is 0.628. The highest BCUT2D eigenvalue weighted by molar-refractivity contribution is 6.08. The first-order valence-electron chi connectivity index (χ1n) is 8.09. The quantitative estimate of drug-likeness (QED) is 0.637. The molecule has 0 heterocycles. The van der Waals surface area contributed by atoms with E-state index in [1.165, 1.54) is 28.7 Å². The Balaban J connectivity index is 2.04. The van der Waals surface area contributed by atoms with Crippen molar-refractivity contribution in [2.45, 2.75) is 39.0 Å². The van der Waals surface area contributed by atoms with Gasteiger partial charge in [-0.2, -0.15) is 0 Å². The molecule has 0 amide bonds. The first-order chi connectivity index (χ1) is 10.5. The number of anilines is 1. The van der Waals surface area contributed by atoms with E-state index in [-0.39, 0.29) is 5.41 Å². The normalized spacial score (nSPS) is 20.2. The van der Waals surface area contributed by atoms with Crippen LogP contribution in [-0.2, 0) is 5.41 Å². The fourth-order valence-corrected chi connectivity index (χ4v) is 3.23. The number of fused-ring (bicyclic) bond motifs is 2. The summed E-state index contributed by atoms with van der Waals surface area (Å²) in [5.41, 5.74) is 13.0. The number of rotatable bonds is 3. The van der Waals surface area contributed by atoms with Gasteiger partial charge in [0.1, 0.15) is 0 Å². The molecular weight excluding hydrogens is 268 g/mol. The zero-order valence-electron chi connectivity index (χ0n) is 13.7. The molecule has 0 radical (unpaired) electrons. The lowest BCUT2D eigenvalue weighted by Gasteiger charge is -2.36. The van der Waals surface area contributed by atoms with Crippen LogP contribution < -0.4 is 5.73 Å². The summed E-state index contributed by atoms with van der Waals surface area (Å²) >= 11 is 0. The van der Waals surface area contributed by atoms with Gasteiger partial charge in [0.05, 0.1) is 5.71 Å². The van der Waals surface area contributed by atoms with E-state index in [1.807, 2.05) is 6.07 Å². The van der Waals surface area contributed by atoms with E-state index in [1.54, 1.807) is 0 Å². The molecule has 0 fully saturated rings. The van der Waals surface area contributed by atoms with E-state index >= 15 is 0 Å². The minimum atomic E-state index is -0.0505. The summed E-state index contributed by atoms with van der Waals surface area (Å²) in [5.74, 6) is 0. The lowest BCUT2D eigenvalue weighted by atomic mass is 9.67. The Kier molecular flexibility index (Phi) is 3.78. The summed E-state index contributed by atoms with van der Waals surface area (Å²) in [7, 11) is 0. The zero-order valence-corrected chi connectivity index (χ0v) is 13.7. The molecule has 0 atom stereocenters. The standard InChI is InChI=1S/C20H24N2/c1-4-5-10-22-17-9-7-15-11-14-6-8-16(21)12-18(14)20(2,3)19(15)13-17/h6-9,11-13H,4-5,10,21H2,1-3H3. The van der Waals surface area contributed by atoms with Gasteiger partial charge in [0.2, 0.25) is 0 Å². The van der Waals surface area contributed by atoms with Gasteiger partial charge in [-0.25, -0.2) is 0 Å². The molecule has 2 aliphatic carbocycles. The maximum absolute atomic E-state index is 6.00. The van der Waals surface area contributed by atoms with Crippen molar-refractivity contribution >= 4 is 17.5 Å². The molecule has 2 nitrogen and oxygen atoms in total. The van der Waals surface area contributed by atoms with Gasteiger partial charge in [-0.3, -0.25) is 4.99 Å². The lowest BCUT2D eigenvalue weighted by Crippen LogP contribution is -2.27. The maximum Gasteiger partial charge on any atom is 0.0577 e. The van der Waals surface area contributed by atoms with Crippen molar-refractivity contribution in [3.05, 3.63) is 58.7 Å². The summed E-state index contributed by atoms with van der Waals surface area (Å²) in [6.45, 7) is 7.64. The third kappa shape index (κ3) is 2.54. The van der Waals surface area contributed by atoms with Crippen molar-refractivity contribution < 1.29 is 0 Å². The first-order valence-corrected chi connectivity index (χ1v) is 8.09. The van der Waals surface area contributed by atoms with E-state index in [4.69, 9.17) is 10.7 Å². The second-order valence-corrected chi connectivity index (χ2v) is 6.62. The van der Waals surface area contributed by atoms with Crippen LogP contribution in [0.25, 0.3) is 6.08 Å². The number of nitrogen functional groups attached to an aromatic ring is 1. The molecule has 0 bridgehead atoms. The van der Waals surface area contributed by atoms with Gasteiger partial charge in [-0.15, -0.1) is 0 Å². The Labute approximate surface area is 133 Å². The van der Waals surface area contributed by atoms with E-state index < -0.39 is 0 Å². The summed E-state index contributed by atoms with van der Waals surface area (Å²) in [4.78, 5) is 4.70. The molecule has 0 saturated heterocycles. The number of hydrogen-bond donors (Lipinski definition) is 1. The molecule has 22 heavy (non-hydrogen) atoms. The molecule has 1 aromatic rings. The van der Waals surface area contributed by atoms with Crippen LogP contribution in [0.3, 0.4) is 0 Å². The molecule has 0 saturated carbocycles. The van der Waals surface area contributed by atoms with Crippen LogP contribution in [0.4, 0.5) is 5.69 Å². The van der Waals surface area contributed by atoms with Crippen LogP contribution in [0.15, 0.2) is 52.6 Å². The predicted octanol–water partition coefficient (Wildman–Crippen LogP) is 4.68. The van der Waals surface area contributed by atoms with Gasteiger partial charge < -0.3 is 5.73 Å². The van der Waals surface area contributed by atoms with Crippen LogP contribution in [-0.4, -0.2) is 12.3 Å². The van der Waals surface area contributed by atoms with Crippen LogP contribution in [0.5, 0.6) is 0 Å². The Morgan fingerprint density at radius 2 is 1.95 bits per heavy atom. The van der Waals surface area contributed by atoms with Crippen molar-refractivity contribution in [2.75, 3.05) is 12.3 Å². The minimum Gasteiger partial charge on any atom is -0.399 e. The Bertz CT molecular complexity index is 715. The summed E-state index contributed by atoms with van der Waals surface area (Å²) in [6.07, 6.45) is 11.1. The smallest absolute Gasteiger partial charge is 0.0577 e. The van der Waals surface area contributed by atoms with E-state index in [0.717, 1.165) is 24.4 Å². The fraction of sp³-hybridized carbons (Fsp3) is 0.350. The predicted molar refractivity (Wildman–Crippen MR) is 96.3 cm³/mol. The molecule has 0 aliphatic heterocycles. The number of nitrogens with two attached hydrogens (primary N) is 1. The number of hydrogen-bond acceptors (Lipinski definition) is 2. The molecule has 2 heteroatoms. The second-order valence-electron chi connectivity index (χ2n) is 6.62. The Morgan fingerprint density at radius 3 is 2.73 bits per heavy atom. The maximum atomic E-state index is 6.00. The highest BCUT2D eigenvalue weighted by atomic mass is 14.7. The topological polar surface area (TPSA) is 38.4 Å². The number of aliphatic imine (C=N–C) groups is 1. The van der Waals surface area contributed by atoms with Crippen LogP contribution in [0, 0.1) is 0 Å². The van der Waals surface area contributed by atoms with E-state index in [0.29, 0.717) is 0 Å². The number of nitrogens with zero attached hydrogens (tertiary/aromatic N) is 1. The van der Waals surface area contributed by atoms with Crippen LogP contribution in [0.2, 0.25) is 0 Å². The number of benzene rings is 1. The average molecular weight is 292 g/mol. The molecule has 2 aliphatic rings. The van der Waals surface area contributed by atoms with Gasteiger partial charge in [-0.05, 0) is 59.1 Å². The van der Waals surface area contributed by atoms with Crippen molar-refractivity contribution in [1.29, 1.82) is 0 Å². The molecule has 1 aromatic carbocycles. The second kappa shape index (κ2) is 5.60. The van der Waals surface area contributed by atoms with Gasteiger partial charge in [-0.1, -0.05) is 39.3 Å². The molecule has 0 spiro atoms. The van der Waals surface area contributed by atoms with Crippen LogP contribution in [0.1, 0.15) is 44.7 Å². The van der Waals surface area contributed by atoms with Crippen molar-refractivity contribution in [1.82, 2.24) is 0 Å². The van der Waals surface area contributed by atoms with Crippen LogP contribution >= 0.6 is 0 Å². The Morgan fingerprint density at radius 1 is 1.14 bits per heavy atom. The summed E-state index contributed by atoms with van der Waals surface area (Å²) < 4.78 is 0. The van der Waals surface area contributed by atoms with Gasteiger partial charge >= 0.3 is 0 Å². The highest BCUT2D eigenvalue weighted by Crippen LogP contribution is 2.44. The number of allylic oxidation sites excluding steroid dienone is 5. The Hall–Kier alpha value is -2.09. The van der Waals surface area contributed by atoms with Gasteiger partial charge in [0.15, 0.2) is 0 Å². The molecule has 0 aromatic heterocycles. The third-order valence-corrected chi connectivity index (χ3v) is 4.58. The molecule has 3 rings (SSSR count). The zero-order chi connectivity index (χ0) is 15.7. The molecule has 114 valence electrons. The molecule has 0 unspecified atom stereocenters. The summed E-state index contributed by atoms with van der Waals surface area (Å²) in [6, 6.07) is 6.20. The average Bonchev–Trinajstić information content (AvgIpc) is 2.49. The molecular formula is C20H24N2. The van der Waals surface area contributed by atoms with Gasteiger partial charge in [0.25, 0.3) is 0 Å². The summed E-state index contributed by atoms with van der Waals surface area (Å²) in [5, 5.41) is 0. The van der Waals surface area contributed by atoms with Crippen molar-refractivity contribution in [3.63, 3.8) is 0 Å². The first kappa shape index (κ1) is 14.8. The number of unbranched alkanes of at least 4 members (excludes halogenated alkanes) is 1. The van der Waals surface area contributed by atoms with E-state index in [9.17, 15) is 0 Å². The van der Waals surface area contributed by atoms with Crippen molar-refractivity contribution in [3.8, 4) is 0 Å². The van der Waals surface area contributed by atoms with E-state index in [2.05, 4.69) is 57.2 Å². The largest absolute Gasteiger partial charge is 0.399 e. The molecule has 2 N–H and O–H groups in total. The van der Waals surface area contributed by atoms with Gasteiger partial charge in [0, 0.05) is 17.6 Å². The third-order valence-electron chi connectivity index (χ3n) is 4.58. The van der Waals surface area contributed by atoms with Crippen molar-refractivity contribution in [2.24, 2.45) is 4.99 Å². The monoisotopic (exact) mass is 292 g/mol. The highest BCUT2D eigenvalue weighted by Gasteiger charge is 2.33. The fourth-order valence-electron chi connectivity index (χ4n) is 3.23. The minimum absolute atomic E-state index is 0.0505.